The second-order valence-electron chi connectivity index (χ2n) is 8.19. The van der Waals surface area contributed by atoms with Crippen LogP contribution in [0.2, 0.25) is 0 Å². The van der Waals surface area contributed by atoms with Gasteiger partial charge in [-0.2, -0.15) is 9.78 Å². The average molecular weight is 444 g/mol. The highest BCUT2D eigenvalue weighted by Crippen LogP contribution is 2.38. The van der Waals surface area contributed by atoms with E-state index in [1.807, 2.05) is 30.1 Å². The van der Waals surface area contributed by atoms with E-state index >= 15 is 0 Å². The maximum atomic E-state index is 12.9. The number of hydrogen-bond donors (Lipinski definition) is 1. The molecule has 0 saturated heterocycles. The number of aryl methyl sites for hydroxylation is 2. The minimum absolute atomic E-state index is 0.0144. The summed E-state index contributed by atoms with van der Waals surface area (Å²) in [5.41, 5.74) is 5.77. The Bertz CT molecular complexity index is 1400. The summed E-state index contributed by atoms with van der Waals surface area (Å²) in [6.07, 6.45) is 5.98. The number of carbonyl (C=O) groups excluding carboxylic acids is 1. The summed E-state index contributed by atoms with van der Waals surface area (Å²) < 4.78 is 8.69. The van der Waals surface area contributed by atoms with Crippen molar-refractivity contribution in [3.05, 3.63) is 47.5 Å². The Labute approximate surface area is 190 Å². The number of H-pyrrole nitrogens is 1. The molecule has 0 radical (unpaired) electrons. The van der Waals surface area contributed by atoms with Gasteiger partial charge in [-0.25, -0.2) is 4.98 Å². The molecule has 1 aliphatic rings. The van der Waals surface area contributed by atoms with Crippen LogP contribution >= 0.6 is 0 Å². The first kappa shape index (κ1) is 20.9. The molecule has 10 nitrogen and oxygen atoms in total. The molecule has 0 aromatic carbocycles. The van der Waals surface area contributed by atoms with E-state index in [0.717, 1.165) is 33.4 Å². The molecule has 1 N–H and O–H groups in total. The fraction of sp³-hybridized carbons (Fsp3) is 0.348. The number of aromatic nitrogens is 6. The molecule has 0 spiro atoms. The van der Waals surface area contributed by atoms with Crippen LogP contribution in [-0.2, 0) is 29.2 Å². The van der Waals surface area contributed by atoms with Crippen LogP contribution in [0.1, 0.15) is 17.8 Å². The molecule has 168 valence electrons. The largest absolute Gasteiger partial charge is 0.381 e. The summed E-state index contributed by atoms with van der Waals surface area (Å²) in [6.45, 7) is 11.5. The summed E-state index contributed by atoms with van der Waals surface area (Å²) >= 11 is 0. The lowest BCUT2D eigenvalue weighted by molar-refractivity contribution is -0.130. The summed E-state index contributed by atoms with van der Waals surface area (Å²) in [4.78, 5) is 26.2. The normalized spacial score (nSPS) is 13.9. The summed E-state index contributed by atoms with van der Waals surface area (Å²) in [6, 6.07) is 2.04. The zero-order chi connectivity index (χ0) is 23.1. The highest BCUT2D eigenvalue weighted by Gasteiger charge is 2.25. The van der Waals surface area contributed by atoms with Crippen LogP contribution in [0.5, 0.6) is 0 Å². The van der Waals surface area contributed by atoms with Crippen LogP contribution in [0.25, 0.3) is 38.1 Å². The summed E-state index contributed by atoms with van der Waals surface area (Å²) in [5.74, 6) is 0.400. The Morgan fingerprint density at radius 2 is 2.15 bits per heavy atom. The van der Waals surface area contributed by atoms with Gasteiger partial charge in [-0.1, -0.05) is 6.57 Å². The Kier molecular flexibility index (Phi) is 5.18. The van der Waals surface area contributed by atoms with E-state index in [0.29, 0.717) is 43.2 Å². The van der Waals surface area contributed by atoms with E-state index in [4.69, 9.17) is 16.4 Å². The average Bonchev–Trinajstić information content (AvgIpc) is 3.49. The van der Waals surface area contributed by atoms with Crippen molar-refractivity contribution >= 4 is 22.8 Å². The van der Waals surface area contributed by atoms with Gasteiger partial charge in [-0.3, -0.25) is 9.48 Å². The second-order valence-corrected chi connectivity index (χ2v) is 8.19. The Morgan fingerprint density at radius 3 is 2.94 bits per heavy atom. The second kappa shape index (κ2) is 8.18. The van der Waals surface area contributed by atoms with Crippen LogP contribution in [0, 0.1) is 13.5 Å². The maximum absolute atomic E-state index is 12.9. The van der Waals surface area contributed by atoms with Crippen molar-refractivity contribution in [3.63, 3.8) is 0 Å². The van der Waals surface area contributed by atoms with Gasteiger partial charge in [-0.15, -0.1) is 5.10 Å². The number of methoxy groups -OCH3 is 1. The van der Waals surface area contributed by atoms with Crippen molar-refractivity contribution < 1.29 is 9.53 Å². The molecule has 5 heterocycles. The molecule has 4 aromatic heterocycles. The lowest BCUT2D eigenvalue weighted by Crippen LogP contribution is -2.27. The summed E-state index contributed by atoms with van der Waals surface area (Å²) in [5, 5.41) is 10.3. The van der Waals surface area contributed by atoms with Gasteiger partial charge in [-0.05, 0) is 18.6 Å². The van der Waals surface area contributed by atoms with Gasteiger partial charge in [0, 0.05) is 67.8 Å². The number of nitrogens with one attached hydrogen (secondary N) is 1. The van der Waals surface area contributed by atoms with Crippen LogP contribution in [0.3, 0.4) is 0 Å². The van der Waals surface area contributed by atoms with E-state index < -0.39 is 0 Å². The number of nitrogens with zero attached hydrogens (tertiary/aromatic N) is 7. The number of pyridine rings is 1. The highest BCUT2D eigenvalue weighted by atomic mass is 16.5. The van der Waals surface area contributed by atoms with Crippen molar-refractivity contribution in [3.8, 4) is 22.3 Å². The SMILES string of the molecule is [C-]#[N+]c1c2c(nn1CCOC)CN(C)C(=O)CCn1cc(c(C)n1)-c1c[nH]c3ncc-2cc13. The monoisotopic (exact) mass is 444 g/mol. The molecule has 1 aliphatic heterocycles. The highest BCUT2D eigenvalue weighted by molar-refractivity contribution is 5.97. The summed E-state index contributed by atoms with van der Waals surface area (Å²) in [7, 11) is 3.38. The number of hydrogen-bond acceptors (Lipinski definition) is 5. The lowest BCUT2D eigenvalue weighted by Gasteiger charge is -2.17. The Hall–Kier alpha value is -3.97. The fourth-order valence-electron chi connectivity index (χ4n) is 4.33. The topological polar surface area (TPSA) is 98.2 Å². The maximum Gasteiger partial charge on any atom is 0.260 e. The van der Waals surface area contributed by atoms with Crippen LogP contribution in [0.15, 0.2) is 24.7 Å². The van der Waals surface area contributed by atoms with Gasteiger partial charge in [0.2, 0.25) is 5.91 Å². The van der Waals surface area contributed by atoms with E-state index in [2.05, 4.69) is 19.9 Å². The molecule has 10 heteroatoms. The minimum Gasteiger partial charge on any atom is -0.381 e. The smallest absolute Gasteiger partial charge is 0.260 e. The molecule has 1 amide bonds. The quantitative estimate of drug-likeness (QED) is 0.490. The molecule has 33 heavy (non-hydrogen) atoms. The zero-order valence-electron chi connectivity index (χ0n) is 18.8. The van der Waals surface area contributed by atoms with Crippen molar-refractivity contribution in [2.45, 2.75) is 33.0 Å². The predicted molar refractivity (Wildman–Crippen MR) is 123 cm³/mol. The van der Waals surface area contributed by atoms with Gasteiger partial charge in [0.05, 0.1) is 18.8 Å². The van der Waals surface area contributed by atoms with Crippen molar-refractivity contribution in [2.75, 3.05) is 20.8 Å². The number of ether oxygens (including phenoxy) is 1. The molecule has 0 fully saturated rings. The Morgan fingerprint density at radius 1 is 1.30 bits per heavy atom. The Balaban J connectivity index is 1.77. The third-order valence-electron chi connectivity index (χ3n) is 6.03. The van der Waals surface area contributed by atoms with Gasteiger partial charge < -0.3 is 19.5 Å². The molecule has 0 atom stereocenters. The molecular formula is C23H24N8O2. The molecule has 5 rings (SSSR count). The molecule has 4 aromatic rings. The first-order valence-electron chi connectivity index (χ1n) is 10.7. The van der Waals surface area contributed by atoms with Crippen molar-refractivity contribution in [1.29, 1.82) is 0 Å². The van der Waals surface area contributed by atoms with E-state index in [9.17, 15) is 4.79 Å². The van der Waals surface area contributed by atoms with Crippen LogP contribution in [-0.4, -0.2) is 61.1 Å². The van der Waals surface area contributed by atoms with E-state index in [-0.39, 0.29) is 12.5 Å². The standard InChI is InChI=1S/C23H24N8O2/c1-14-18-12-30(27-14)6-5-20(32)29(3)13-19-21(23(24-2)31(28-19)7-8-33-4)15-9-16-17(18)11-26-22(16)25-10-15/h9-12H,5-8,13H2,1,3-4H3,(H,25,26). The number of rotatable bonds is 3. The minimum atomic E-state index is -0.0144. The molecule has 0 aliphatic carbocycles. The van der Waals surface area contributed by atoms with Crippen LogP contribution < -0.4 is 0 Å². The van der Waals surface area contributed by atoms with Crippen molar-refractivity contribution in [1.82, 2.24) is 34.4 Å². The molecular weight excluding hydrogens is 420 g/mol. The van der Waals surface area contributed by atoms with Crippen molar-refractivity contribution in [2.24, 2.45) is 0 Å². The van der Waals surface area contributed by atoms with Gasteiger partial charge in [0.1, 0.15) is 17.9 Å². The van der Waals surface area contributed by atoms with E-state index in [1.165, 1.54) is 0 Å². The third-order valence-corrected chi connectivity index (χ3v) is 6.03. The van der Waals surface area contributed by atoms with Gasteiger partial charge in [0.25, 0.3) is 5.82 Å². The number of amides is 1. The zero-order valence-corrected chi connectivity index (χ0v) is 18.8. The number of fused-ring (bicyclic) bond motifs is 6. The van der Waals surface area contributed by atoms with E-state index in [1.54, 1.807) is 29.9 Å². The number of aromatic amines is 1. The first-order valence-corrected chi connectivity index (χ1v) is 10.7. The predicted octanol–water partition coefficient (Wildman–Crippen LogP) is 3.16. The molecule has 0 unspecified atom stereocenters. The lowest BCUT2D eigenvalue weighted by atomic mass is 10.0. The number of carbonyl (C=O) groups is 1. The molecule has 0 saturated carbocycles. The van der Waals surface area contributed by atoms with Crippen LogP contribution in [0.4, 0.5) is 5.82 Å². The van der Waals surface area contributed by atoms with Gasteiger partial charge >= 0.3 is 0 Å². The van der Waals surface area contributed by atoms with Gasteiger partial charge in [0.15, 0.2) is 0 Å². The first-order chi connectivity index (χ1) is 16.0. The molecule has 4 bridgehead atoms. The fourth-order valence-corrected chi connectivity index (χ4v) is 4.33. The third kappa shape index (κ3) is 3.56.